The Morgan fingerprint density at radius 2 is 2.20 bits per heavy atom. The molecule has 0 heterocycles. The normalized spacial score (nSPS) is 17.4. The molecule has 110 valence electrons. The molecule has 1 aromatic rings. The Morgan fingerprint density at radius 1 is 1.50 bits per heavy atom. The molecule has 20 heavy (non-hydrogen) atoms. The van der Waals surface area contributed by atoms with Gasteiger partial charge < -0.3 is 15.2 Å². The maximum absolute atomic E-state index is 13.3. The van der Waals surface area contributed by atoms with Gasteiger partial charge in [0.1, 0.15) is 0 Å². The Hall–Kier alpha value is -1.62. The molecular weight excluding hydrogens is 261 g/mol. The van der Waals surface area contributed by atoms with Crippen LogP contribution in [0.1, 0.15) is 26.2 Å². The van der Waals surface area contributed by atoms with Crippen LogP contribution >= 0.6 is 0 Å². The van der Waals surface area contributed by atoms with Crippen molar-refractivity contribution >= 4 is 5.91 Å². The first kappa shape index (κ1) is 14.8. The van der Waals surface area contributed by atoms with Gasteiger partial charge in [-0.1, -0.05) is 12.1 Å². The summed E-state index contributed by atoms with van der Waals surface area (Å²) < 4.78 is 18.5. The van der Waals surface area contributed by atoms with Gasteiger partial charge in [0.15, 0.2) is 11.6 Å². The largest absolute Gasteiger partial charge is 0.490 e. The molecule has 5 heteroatoms. The Kier molecular flexibility index (Phi) is 4.60. The van der Waals surface area contributed by atoms with Gasteiger partial charge in [-0.15, -0.1) is 0 Å². The number of nitrogens with one attached hydrogen (secondary N) is 1. The van der Waals surface area contributed by atoms with Gasteiger partial charge in [0.25, 0.3) is 0 Å². The average Bonchev–Trinajstić information content (AvgIpc) is 3.25. The molecule has 1 unspecified atom stereocenters. The van der Waals surface area contributed by atoms with Gasteiger partial charge in [-0.2, -0.15) is 0 Å². The molecule has 0 saturated heterocycles. The second-order valence-electron chi connectivity index (χ2n) is 5.43. The van der Waals surface area contributed by atoms with Crippen molar-refractivity contribution in [2.45, 2.75) is 31.7 Å². The van der Waals surface area contributed by atoms with Crippen molar-refractivity contribution < 1.29 is 19.0 Å². The van der Waals surface area contributed by atoms with Crippen molar-refractivity contribution in [1.29, 1.82) is 0 Å². The fourth-order valence-corrected chi connectivity index (χ4v) is 2.19. The lowest BCUT2D eigenvalue weighted by molar-refractivity contribution is -0.124. The minimum absolute atomic E-state index is 0.0718. The van der Waals surface area contributed by atoms with Gasteiger partial charge in [0, 0.05) is 0 Å². The fourth-order valence-electron chi connectivity index (χ4n) is 2.19. The number of rotatable bonds is 7. The third kappa shape index (κ3) is 3.70. The van der Waals surface area contributed by atoms with Crippen LogP contribution in [0.5, 0.6) is 5.75 Å². The van der Waals surface area contributed by atoms with Gasteiger partial charge >= 0.3 is 0 Å². The standard InChI is InChI=1S/C15H20FNO3/c1-15(10-18,11-6-7-11)17-14(19)8-9-20-13-5-3-2-4-12(13)16/h2-5,11,18H,6-10H2,1H3,(H,17,19). The van der Waals surface area contributed by atoms with E-state index >= 15 is 0 Å². The lowest BCUT2D eigenvalue weighted by Crippen LogP contribution is -2.51. The Labute approximate surface area is 117 Å². The van der Waals surface area contributed by atoms with Crippen LogP contribution in [-0.4, -0.2) is 29.8 Å². The zero-order chi connectivity index (χ0) is 14.6. The number of halogens is 1. The number of aliphatic hydroxyl groups excluding tert-OH is 1. The van der Waals surface area contributed by atoms with Crippen LogP contribution in [0, 0.1) is 11.7 Å². The quantitative estimate of drug-likeness (QED) is 0.802. The van der Waals surface area contributed by atoms with E-state index in [1.807, 2.05) is 6.92 Å². The fraction of sp³-hybridized carbons (Fsp3) is 0.533. The highest BCUT2D eigenvalue weighted by molar-refractivity contribution is 5.77. The molecule has 1 aliphatic rings. The highest BCUT2D eigenvalue weighted by Gasteiger charge is 2.41. The van der Waals surface area contributed by atoms with E-state index in [0.717, 1.165) is 12.8 Å². The van der Waals surface area contributed by atoms with Crippen LogP contribution in [-0.2, 0) is 4.79 Å². The monoisotopic (exact) mass is 281 g/mol. The topological polar surface area (TPSA) is 58.6 Å². The van der Waals surface area contributed by atoms with E-state index < -0.39 is 11.4 Å². The summed E-state index contributed by atoms with van der Waals surface area (Å²) >= 11 is 0. The smallest absolute Gasteiger partial charge is 0.223 e. The summed E-state index contributed by atoms with van der Waals surface area (Å²) in [6.45, 7) is 1.89. The van der Waals surface area contributed by atoms with Crippen LogP contribution in [0.3, 0.4) is 0 Å². The van der Waals surface area contributed by atoms with Gasteiger partial charge in [0.2, 0.25) is 5.91 Å². The Morgan fingerprint density at radius 3 is 2.80 bits per heavy atom. The number of benzene rings is 1. The maximum atomic E-state index is 13.3. The van der Waals surface area contributed by atoms with Crippen LogP contribution in [0.15, 0.2) is 24.3 Å². The number of hydrogen-bond acceptors (Lipinski definition) is 3. The number of carbonyl (C=O) groups is 1. The van der Waals surface area contributed by atoms with Crippen LogP contribution < -0.4 is 10.1 Å². The van der Waals surface area contributed by atoms with Crippen molar-refractivity contribution in [3.05, 3.63) is 30.1 Å². The third-order valence-corrected chi connectivity index (χ3v) is 3.66. The summed E-state index contributed by atoms with van der Waals surface area (Å²) in [5.41, 5.74) is -0.547. The molecule has 1 atom stereocenters. The summed E-state index contributed by atoms with van der Waals surface area (Å²) in [5, 5.41) is 12.2. The minimum Gasteiger partial charge on any atom is -0.490 e. The molecule has 4 nitrogen and oxygen atoms in total. The molecule has 0 aliphatic heterocycles. The molecule has 0 spiro atoms. The number of ether oxygens (including phenoxy) is 1. The molecule has 1 saturated carbocycles. The number of aliphatic hydroxyl groups is 1. The van der Waals surface area contributed by atoms with Crippen LogP contribution in [0.25, 0.3) is 0 Å². The van der Waals surface area contributed by atoms with Gasteiger partial charge in [-0.3, -0.25) is 4.79 Å². The second-order valence-corrected chi connectivity index (χ2v) is 5.43. The first-order valence-corrected chi connectivity index (χ1v) is 6.84. The van der Waals surface area contributed by atoms with Gasteiger partial charge in [-0.05, 0) is 37.8 Å². The highest BCUT2D eigenvalue weighted by Crippen LogP contribution is 2.39. The lowest BCUT2D eigenvalue weighted by Gasteiger charge is -2.28. The molecule has 1 fully saturated rings. The van der Waals surface area contributed by atoms with Crippen molar-refractivity contribution in [1.82, 2.24) is 5.32 Å². The number of amides is 1. The van der Waals surface area contributed by atoms with Crippen molar-refractivity contribution in [3.8, 4) is 5.75 Å². The van der Waals surface area contributed by atoms with E-state index in [1.165, 1.54) is 12.1 Å². The summed E-state index contributed by atoms with van der Waals surface area (Å²) in [4.78, 5) is 11.8. The van der Waals surface area contributed by atoms with Crippen molar-refractivity contribution in [2.75, 3.05) is 13.2 Å². The first-order chi connectivity index (χ1) is 9.55. The first-order valence-electron chi connectivity index (χ1n) is 6.84. The molecule has 2 rings (SSSR count). The van der Waals surface area contributed by atoms with E-state index in [0.29, 0.717) is 5.92 Å². The van der Waals surface area contributed by atoms with E-state index in [-0.39, 0.29) is 31.3 Å². The summed E-state index contributed by atoms with van der Waals surface area (Å²) in [6, 6.07) is 6.09. The van der Waals surface area contributed by atoms with E-state index in [4.69, 9.17) is 4.74 Å². The average molecular weight is 281 g/mol. The molecule has 0 bridgehead atoms. The molecular formula is C15H20FNO3. The summed E-state index contributed by atoms with van der Waals surface area (Å²) in [6.07, 6.45) is 2.20. The van der Waals surface area contributed by atoms with Crippen molar-refractivity contribution in [2.24, 2.45) is 5.92 Å². The Balaban J connectivity index is 1.77. The van der Waals surface area contributed by atoms with Crippen molar-refractivity contribution in [3.63, 3.8) is 0 Å². The molecule has 2 N–H and O–H groups in total. The predicted molar refractivity (Wildman–Crippen MR) is 72.9 cm³/mol. The summed E-state index contributed by atoms with van der Waals surface area (Å²) in [5.74, 6) is -0.132. The van der Waals surface area contributed by atoms with E-state index in [9.17, 15) is 14.3 Å². The number of carbonyl (C=O) groups excluding carboxylic acids is 1. The van der Waals surface area contributed by atoms with Crippen LogP contribution in [0.2, 0.25) is 0 Å². The molecule has 1 aliphatic carbocycles. The molecule has 0 aromatic heterocycles. The minimum atomic E-state index is -0.547. The van der Waals surface area contributed by atoms with E-state index in [2.05, 4.69) is 5.32 Å². The Bertz CT molecular complexity index is 476. The SMILES string of the molecule is CC(CO)(NC(=O)CCOc1ccccc1F)C1CC1. The van der Waals surface area contributed by atoms with Gasteiger partial charge in [0.05, 0.1) is 25.2 Å². The number of para-hydroxylation sites is 1. The lowest BCUT2D eigenvalue weighted by atomic mass is 9.97. The summed E-state index contributed by atoms with van der Waals surface area (Å²) in [7, 11) is 0. The number of hydrogen-bond donors (Lipinski definition) is 2. The molecule has 0 radical (unpaired) electrons. The van der Waals surface area contributed by atoms with Gasteiger partial charge in [-0.25, -0.2) is 4.39 Å². The second kappa shape index (κ2) is 6.22. The predicted octanol–water partition coefficient (Wildman–Crippen LogP) is 1.87. The zero-order valence-electron chi connectivity index (χ0n) is 11.6. The third-order valence-electron chi connectivity index (χ3n) is 3.66. The highest BCUT2D eigenvalue weighted by atomic mass is 19.1. The van der Waals surface area contributed by atoms with E-state index in [1.54, 1.807) is 12.1 Å². The maximum Gasteiger partial charge on any atom is 0.223 e. The zero-order valence-corrected chi connectivity index (χ0v) is 11.6. The molecule has 1 aromatic carbocycles. The molecule has 1 amide bonds. The van der Waals surface area contributed by atoms with Crippen LogP contribution in [0.4, 0.5) is 4.39 Å².